The summed E-state index contributed by atoms with van der Waals surface area (Å²) in [5.74, 6) is 0. The van der Waals surface area contributed by atoms with Crippen LogP contribution in [-0.2, 0) is 9.47 Å². The van der Waals surface area contributed by atoms with Crippen LogP contribution in [0.5, 0.6) is 0 Å². The third kappa shape index (κ3) is 5.73. The summed E-state index contributed by atoms with van der Waals surface area (Å²) in [5.41, 5.74) is 0.948. The lowest BCUT2D eigenvalue weighted by Crippen LogP contribution is -2.11. The molecule has 0 spiro atoms. The highest BCUT2D eigenvalue weighted by atomic mass is 16.6. The molecule has 0 aliphatic heterocycles. The molecule has 0 amide bonds. The average Bonchev–Trinajstić information content (AvgIpc) is 2.55. The van der Waals surface area contributed by atoms with Crippen LogP contribution >= 0.6 is 0 Å². The molecule has 126 valence electrons. The fraction of sp³-hybridized carbons (Fsp3) is 0.533. The summed E-state index contributed by atoms with van der Waals surface area (Å²) in [5, 5.41) is 26.7. The van der Waals surface area contributed by atoms with Gasteiger partial charge in [-0.2, -0.15) is 5.26 Å². The Balaban J connectivity index is 2.96. The van der Waals surface area contributed by atoms with Crippen LogP contribution in [0, 0.1) is 21.4 Å². The summed E-state index contributed by atoms with van der Waals surface area (Å²) < 4.78 is 9.92. The Morgan fingerprint density at radius 3 is 2.30 bits per heavy atom. The summed E-state index contributed by atoms with van der Waals surface area (Å²) in [6.45, 7) is 2.24. The first kappa shape index (κ1) is 18.7. The van der Waals surface area contributed by atoms with Gasteiger partial charge in [-0.05, 0) is 18.9 Å². The molecule has 0 heterocycles. The largest absolute Gasteiger partial charge is 0.385 e. The van der Waals surface area contributed by atoms with E-state index in [1.165, 1.54) is 6.07 Å². The standard InChI is InChI=1S/C15H22N4O4/c1-22-9-3-7-17-13-5-6-14(19(20)21)15(12(13)11-16)18-8-4-10-23-2/h5-6,17-18H,3-4,7-10H2,1-2H3. The maximum Gasteiger partial charge on any atom is 0.293 e. The molecule has 1 aromatic carbocycles. The van der Waals surface area contributed by atoms with Gasteiger partial charge in [0.2, 0.25) is 0 Å². The second kappa shape index (κ2) is 10.4. The molecule has 0 atom stereocenters. The summed E-state index contributed by atoms with van der Waals surface area (Å²) in [4.78, 5) is 10.7. The van der Waals surface area contributed by atoms with Crippen molar-refractivity contribution in [1.82, 2.24) is 0 Å². The second-order valence-electron chi connectivity index (χ2n) is 4.80. The molecule has 1 rings (SSSR count). The molecule has 0 saturated carbocycles. The minimum absolute atomic E-state index is 0.110. The highest BCUT2D eigenvalue weighted by Gasteiger charge is 2.20. The number of hydrogen-bond donors (Lipinski definition) is 2. The van der Waals surface area contributed by atoms with Gasteiger partial charge in [0.05, 0.1) is 10.6 Å². The van der Waals surface area contributed by atoms with Gasteiger partial charge in [-0.25, -0.2) is 0 Å². The van der Waals surface area contributed by atoms with E-state index in [1.807, 2.05) is 6.07 Å². The Bertz CT molecular complexity index is 557. The Hall–Kier alpha value is -2.37. The number of hydrogen-bond acceptors (Lipinski definition) is 7. The predicted octanol–water partition coefficient (Wildman–Crippen LogP) is 2.36. The van der Waals surface area contributed by atoms with Gasteiger partial charge in [-0.3, -0.25) is 10.1 Å². The van der Waals surface area contributed by atoms with Crippen LogP contribution in [0.25, 0.3) is 0 Å². The van der Waals surface area contributed by atoms with Crippen LogP contribution in [0.1, 0.15) is 18.4 Å². The number of anilines is 2. The van der Waals surface area contributed by atoms with Crippen molar-refractivity contribution in [3.63, 3.8) is 0 Å². The smallest absolute Gasteiger partial charge is 0.293 e. The number of nitro groups is 1. The zero-order valence-electron chi connectivity index (χ0n) is 13.4. The molecule has 0 fully saturated rings. The lowest BCUT2D eigenvalue weighted by molar-refractivity contribution is -0.384. The van der Waals surface area contributed by atoms with Gasteiger partial charge in [0.25, 0.3) is 5.69 Å². The van der Waals surface area contributed by atoms with Crippen molar-refractivity contribution in [2.45, 2.75) is 12.8 Å². The van der Waals surface area contributed by atoms with Crippen LogP contribution in [-0.4, -0.2) is 45.4 Å². The molecule has 0 aliphatic rings. The molecule has 0 aliphatic carbocycles. The van der Waals surface area contributed by atoms with E-state index in [0.717, 1.165) is 6.42 Å². The van der Waals surface area contributed by atoms with Crippen LogP contribution in [0.2, 0.25) is 0 Å². The topological polar surface area (TPSA) is 109 Å². The van der Waals surface area contributed by atoms with Crippen molar-refractivity contribution in [2.24, 2.45) is 0 Å². The average molecular weight is 322 g/mol. The van der Waals surface area contributed by atoms with Gasteiger partial charge >= 0.3 is 0 Å². The lowest BCUT2D eigenvalue weighted by Gasteiger charge is -2.13. The molecule has 8 nitrogen and oxygen atoms in total. The van der Waals surface area contributed by atoms with Gasteiger partial charge in [0.15, 0.2) is 0 Å². The molecule has 0 unspecified atom stereocenters. The van der Waals surface area contributed by atoms with Gasteiger partial charge < -0.3 is 20.1 Å². The Morgan fingerprint density at radius 1 is 1.17 bits per heavy atom. The quantitative estimate of drug-likeness (QED) is 0.365. The minimum atomic E-state index is -0.492. The van der Waals surface area contributed by atoms with Crippen LogP contribution in [0.4, 0.5) is 17.1 Å². The number of nitro benzene ring substituents is 1. The molecule has 0 aromatic heterocycles. The summed E-state index contributed by atoms with van der Waals surface area (Å²) in [7, 11) is 3.21. The first-order valence-electron chi connectivity index (χ1n) is 7.32. The lowest BCUT2D eigenvalue weighted by atomic mass is 10.1. The van der Waals surface area contributed by atoms with Crippen LogP contribution < -0.4 is 10.6 Å². The van der Waals surface area contributed by atoms with Crippen LogP contribution in [0.15, 0.2) is 12.1 Å². The summed E-state index contributed by atoms with van der Waals surface area (Å²) >= 11 is 0. The molecule has 1 aromatic rings. The van der Waals surface area contributed by atoms with Crippen molar-refractivity contribution < 1.29 is 14.4 Å². The highest BCUT2D eigenvalue weighted by molar-refractivity contribution is 5.79. The van der Waals surface area contributed by atoms with Crippen molar-refractivity contribution >= 4 is 17.1 Å². The fourth-order valence-corrected chi connectivity index (χ4v) is 2.06. The SMILES string of the molecule is COCCCNc1ccc([N+](=O)[O-])c(NCCCOC)c1C#N. The van der Waals surface area contributed by atoms with E-state index in [0.29, 0.717) is 38.4 Å². The number of benzene rings is 1. The van der Waals surface area contributed by atoms with Gasteiger partial charge in [-0.1, -0.05) is 0 Å². The van der Waals surface area contributed by atoms with Gasteiger partial charge in [-0.15, -0.1) is 0 Å². The third-order valence-corrected chi connectivity index (χ3v) is 3.16. The first-order chi connectivity index (χ1) is 11.2. The van der Waals surface area contributed by atoms with Crippen molar-refractivity contribution in [3.05, 3.63) is 27.8 Å². The highest BCUT2D eigenvalue weighted by Crippen LogP contribution is 2.33. The van der Waals surface area contributed by atoms with E-state index in [2.05, 4.69) is 10.6 Å². The first-order valence-corrected chi connectivity index (χ1v) is 7.32. The Kier molecular flexibility index (Phi) is 8.42. The van der Waals surface area contributed by atoms with Crippen molar-refractivity contribution in [2.75, 3.05) is 51.2 Å². The number of ether oxygens (including phenoxy) is 2. The zero-order chi connectivity index (χ0) is 17.1. The molecule has 8 heteroatoms. The molecule has 23 heavy (non-hydrogen) atoms. The number of rotatable bonds is 11. The number of nitrogens with one attached hydrogen (secondary N) is 2. The Labute approximate surface area is 135 Å². The molecular formula is C15H22N4O4. The van der Waals surface area contributed by atoms with Crippen LogP contribution in [0.3, 0.4) is 0 Å². The van der Waals surface area contributed by atoms with Gasteiger partial charge in [0.1, 0.15) is 17.3 Å². The van der Waals surface area contributed by atoms with Gasteiger partial charge in [0, 0.05) is 46.6 Å². The molecule has 2 N–H and O–H groups in total. The molecule has 0 bridgehead atoms. The van der Waals surface area contributed by atoms with Crippen molar-refractivity contribution in [1.29, 1.82) is 5.26 Å². The van der Waals surface area contributed by atoms with E-state index in [4.69, 9.17) is 9.47 Å². The number of methoxy groups -OCH3 is 2. The van der Waals surface area contributed by atoms with Crippen molar-refractivity contribution in [3.8, 4) is 6.07 Å². The van der Waals surface area contributed by atoms with E-state index in [-0.39, 0.29) is 16.9 Å². The van der Waals surface area contributed by atoms with E-state index in [9.17, 15) is 15.4 Å². The third-order valence-electron chi connectivity index (χ3n) is 3.16. The summed E-state index contributed by atoms with van der Waals surface area (Å²) in [6, 6.07) is 5.01. The minimum Gasteiger partial charge on any atom is -0.385 e. The number of nitrogens with zero attached hydrogens (tertiary/aromatic N) is 2. The maximum absolute atomic E-state index is 11.2. The zero-order valence-corrected chi connectivity index (χ0v) is 13.4. The van der Waals surface area contributed by atoms with E-state index < -0.39 is 4.92 Å². The maximum atomic E-state index is 11.2. The number of nitriles is 1. The Morgan fingerprint density at radius 2 is 1.78 bits per heavy atom. The fourth-order valence-electron chi connectivity index (χ4n) is 2.06. The second-order valence-corrected chi connectivity index (χ2v) is 4.80. The normalized spacial score (nSPS) is 10.1. The summed E-state index contributed by atoms with van der Waals surface area (Å²) in [6.07, 6.45) is 1.46. The molecule has 0 saturated heterocycles. The molecule has 0 radical (unpaired) electrons. The van der Waals surface area contributed by atoms with E-state index >= 15 is 0 Å². The molecular weight excluding hydrogens is 300 g/mol. The monoisotopic (exact) mass is 322 g/mol. The predicted molar refractivity (Wildman–Crippen MR) is 87.8 cm³/mol. The van der Waals surface area contributed by atoms with E-state index in [1.54, 1.807) is 20.3 Å².